The Morgan fingerprint density at radius 1 is 1.50 bits per heavy atom. The van der Waals surface area contributed by atoms with Crippen molar-refractivity contribution in [1.82, 2.24) is 0 Å². The van der Waals surface area contributed by atoms with Crippen LogP contribution >= 0.6 is 23.2 Å². The van der Waals surface area contributed by atoms with Crippen LogP contribution in [0.2, 0.25) is 0 Å². The van der Waals surface area contributed by atoms with E-state index in [4.69, 9.17) is 28.3 Å². The van der Waals surface area contributed by atoms with Gasteiger partial charge < -0.3 is 9.84 Å². The molecular weight excluding hydrogens is 203 g/mol. The predicted molar refractivity (Wildman–Crippen MR) is 49.5 cm³/mol. The van der Waals surface area contributed by atoms with Gasteiger partial charge in [-0.05, 0) is 13.8 Å². The molecule has 0 unspecified atom stereocenters. The third-order valence-corrected chi connectivity index (χ3v) is 0.935. The summed E-state index contributed by atoms with van der Waals surface area (Å²) in [5, 5.41) is 7.57. The number of hydrogen-bond donors (Lipinski definition) is 1. The van der Waals surface area contributed by atoms with E-state index >= 15 is 0 Å². The molecule has 0 aliphatic heterocycles. The van der Waals surface area contributed by atoms with Crippen molar-refractivity contribution < 1.29 is 14.6 Å². The summed E-state index contributed by atoms with van der Waals surface area (Å²) < 4.78 is 4.54. The molecule has 0 aromatic heterocycles. The third kappa shape index (κ3) is 16.5. The van der Waals surface area contributed by atoms with Crippen LogP contribution in [-0.2, 0) is 9.53 Å². The van der Waals surface area contributed by atoms with Gasteiger partial charge in [-0.15, -0.1) is 23.2 Å². The number of ether oxygens (including phenoxy) is 1. The fourth-order valence-corrected chi connectivity index (χ4v) is 0.598. The maximum Gasteiger partial charge on any atom is 0.308 e. The lowest BCUT2D eigenvalue weighted by Gasteiger charge is -1.99. The standard InChI is InChI=1S/C5H8Cl2O2.C2H6O/c1-2-9-5(8)3-4(6)7;1-2-3/h4H,2-3H2,1H3;3H,2H2,1H3. The number of alkyl halides is 2. The molecule has 5 heteroatoms. The molecule has 0 amide bonds. The average Bonchev–Trinajstić information content (AvgIpc) is 1.87. The fourth-order valence-electron chi connectivity index (χ4n) is 0.346. The summed E-state index contributed by atoms with van der Waals surface area (Å²) in [4.78, 5) is 9.81. The molecule has 0 aromatic carbocycles. The zero-order valence-electron chi connectivity index (χ0n) is 7.22. The molecule has 0 radical (unpaired) electrons. The Balaban J connectivity index is 0. The van der Waals surface area contributed by atoms with Crippen LogP contribution in [0, 0.1) is 0 Å². The van der Waals surface area contributed by atoms with E-state index in [1.165, 1.54) is 0 Å². The summed E-state index contributed by atoms with van der Waals surface area (Å²) in [6, 6.07) is 0. The number of aliphatic hydroxyl groups excluding tert-OH is 1. The second kappa shape index (κ2) is 11.0. The first-order chi connectivity index (χ1) is 5.58. The molecule has 3 nitrogen and oxygen atoms in total. The minimum atomic E-state index is -0.649. The quantitative estimate of drug-likeness (QED) is 0.578. The highest BCUT2D eigenvalue weighted by molar-refractivity contribution is 6.45. The minimum absolute atomic E-state index is 0.0664. The first-order valence-corrected chi connectivity index (χ1v) is 4.50. The van der Waals surface area contributed by atoms with Gasteiger partial charge in [-0.1, -0.05) is 0 Å². The van der Waals surface area contributed by atoms with E-state index in [9.17, 15) is 4.79 Å². The zero-order valence-corrected chi connectivity index (χ0v) is 8.73. The Morgan fingerprint density at radius 3 is 2.17 bits per heavy atom. The largest absolute Gasteiger partial charge is 0.466 e. The predicted octanol–water partition coefficient (Wildman–Crippen LogP) is 1.74. The molecule has 0 rings (SSSR count). The van der Waals surface area contributed by atoms with Crippen LogP contribution in [-0.4, -0.2) is 29.1 Å². The van der Waals surface area contributed by atoms with Crippen LogP contribution in [0.25, 0.3) is 0 Å². The van der Waals surface area contributed by atoms with Crippen molar-refractivity contribution in [1.29, 1.82) is 0 Å². The maximum atomic E-state index is 10.5. The van der Waals surface area contributed by atoms with Gasteiger partial charge in [-0.3, -0.25) is 4.79 Å². The van der Waals surface area contributed by atoms with Crippen molar-refractivity contribution in [3.05, 3.63) is 0 Å². The van der Waals surface area contributed by atoms with E-state index in [1.54, 1.807) is 13.8 Å². The second-order valence-corrected chi connectivity index (χ2v) is 2.99. The molecule has 0 saturated heterocycles. The van der Waals surface area contributed by atoms with E-state index in [2.05, 4.69) is 4.74 Å². The van der Waals surface area contributed by atoms with Crippen LogP contribution in [0.3, 0.4) is 0 Å². The first kappa shape index (κ1) is 14.5. The normalized spacial score (nSPS) is 8.83. The van der Waals surface area contributed by atoms with Gasteiger partial charge >= 0.3 is 5.97 Å². The van der Waals surface area contributed by atoms with Gasteiger partial charge in [0.25, 0.3) is 0 Å². The Hall–Kier alpha value is 0.01000. The van der Waals surface area contributed by atoms with Gasteiger partial charge in [-0.2, -0.15) is 0 Å². The highest BCUT2D eigenvalue weighted by Crippen LogP contribution is 2.07. The van der Waals surface area contributed by atoms with E-state index in [0.29, 0.717) is 6.61 Å². The van der Waals surface area contributed by atoms with Gasteiger partial charge in [0, 0.05) is 6.61 Å². The third-order valence-electron chi connectivity index (χ3n) is 0.626. The molecular formula is C7H14Cl2O3. The van der Waals surface area contributed by atoms with Crippen molar-refractivity contribution in [2.45, 2.75) is 25.1 Å². The van der Waals surface area contributed by atoms with Gasteiger partial charge in [0.05, 0.1) is 13.0 Å². The summed E-state index contributed by atoms with van der Waals surface area (Å²) in [5.74, 6) is -0.354. The molecule has 0 aromatic rings. The number of halogens is 2. The maximum absolute atomic E-state index is 10.5. The van der Waals surface area contributed by atoms with Crippen molar-refractivity contribution in [3.8, 4) is 0 Å². The number of carbonyl (C=O) groups excluding carboxylic acids is 1. The lowest BCUT2D eigenvalue weighted by atomic mass is 10.5. The number of carbonyl (C=O) groups is 1. The molecule has 0 bridgehead atoms. The summed E-state index contributed by atoms with van der Waals surface area (Å²) in [6.07, 6.45) is 0.0664. The molecule has 0 spiro atoms. The molecule has 0 atom stereocenters. The Kier molecular flexibility index (Phi) is 13.3. The zero-order chi connectivity index (χ0) is 9.98. The second-order valence-electron chi connectivity index (χ2n) is 1.72. The molecule has 12 heavy (non-hydrogen) atoms. The Labute approximate surface area is 82.6 Å². The van der Waals surface area contributed by atoms with Gasteiger partial charge in [0.1, 0.15) is 4.84 Å². The van der Waals surface area contributed by atoms with E-state index in [1.807, 2.05) is 0 Å². The van der Waals surface area contributed by atoms with Gasteiger partial charge in [0.15, 0.2) is 0 Å². The number of hydrogen-bond acceptors (Lipinski definition) is 3. The first-order valence-electron chi connectivity index (χ1n) is 3.63. The lowest BCUT2D eigenvalue weighted by molar-refractivity contribution is -0.142. The Morgan fingerprint density at radius 2 is 1.92 bits per heavy atom. The number of aliphatic hydroxyl groups is 1. The SMILES string of the molecule is CCO.CCOC(=O)CC(Cl)Cl. The average molecular weight is 217 g/mol. The van der Waals surface area contributed by atoms with Crippen LogP contribution in [0.1, 0.15) is 20.3 Å². The monoisotopic (exact) mass is 216 g/mol. The smallest absolute Gasteiger partial charge is 0.308 e. The van der Waals surface area contributed by atoms with Crippen molar-refractivity contribution in [2.75, 3.05) is 13.2 Å². The minimum Gasteiger partial charge on any atom is -0.466 e. The van der Waals surface area contributed by atoms with Crippen LogP contribution in [0.15, 0.2) is 0 Å². The summed E-state index contributed by atoms with van der Waals surface area (Å²) in [7, 11) is 0. The summed E-state index contributed by atoms with van der Waals surface area (Å²) >= 11 is 10.5. The fraction of sp³-hybridized carbons (Fsp3) is 0.857. The Bertz CT molecular complexity index is 107. The molecule has 0 saturated carbocycles. The number of rotatable bonds is 3. The molecule has 0 aliphatic carbocycles. The van der Waals surface area contributed by atoms with Crippen molar-refractivity contribution in [2.24, 2.45) is 0 Å². The van der Waals surface area contributed by atoms with E-state index in [-0.39, 0.29) is 19.0 Å². The molecule has 74 valence electrons. The van der Waals surface area contributed by atoms with Gasteiger partial charge in [0.2, 0.25) is 0 Å². The highest BCUT2D eigenvalue weighted by atomic mass is 35.5. The highest BCUT2D eigenvalue weighted by Gasteiger charge is 2.06. The lowest BCUT2D eigenvalue weighted by Crippen LogP contribution is -2.07. The van der Waals surface area contributed by atoms with E-state index < -0.39 is 4.84 Å². The van der Waals surface area contributed by atoms with Crippen molar-refractivity contribution >= 4 is 29.2 Å². The van der Waals surface area contributed by atoms with Crippen LogP contribution < -0.4 is 0 Å². The summed E-state index contributed by atoms with van der Waals surface area (Å²) in [6.45, 7) is 4.04. The molecule has 0 heterocycles. The summed E-state index contributed by atoms with van der Waals surface area (Å²) in [5.41, 5.74) is 0. The van der Waals surface area contributed by atoms with Crippen molar-refractivity contribution in [3.63, 3.8) is 0 Å². The van der Waals surface area contributed by atoms with Crippen LogP contribution in [0.5, 0.6) is 0 Å². The molecule has 0 aliphatic rings. The van der Waals surface area contributed by atoms with Gasteiger partial charge in [-0.25, -0.2) is 0 Å². The van der Waals surface area contributed by atoms with E-state index in [0.717, 1.165) is 0 Å². The molecule has 1 N–H and O–H groups in total. The molecule has 0 fully saturated rings. The number of esters is 1. The van der Waals surface area contributed by atoms with Crippen LogP contribution in [0.4, 0.5) is 0 Å². The topological polar surface area (TPSA) is 46.5 Å².